The molecule has 0 saturated carbocycles. The number of fused-ring (bicyclic) bond motifs is 1. The van der Waals surface area contributed by atoms with E-state index in [1.54, 1.807) is 7.11 Å². The summed E-state index contributed by atoms with van der Waals surface area (Å²) in [5.74, 6) is 0.959. The van der Waals surface area contributed by atoms with Gasteiger partial charge < -0.3 is 9.64 Å². The molecule has 3 heteroatoms. The lowest BCUT2D eigenvalue weighted by molar-refractivity contribution is -0.121. The molecule has 0 N–H and O–H groups in total. The maximum absolute atomic E-state index is 13.2. The number of carbonyl (C=O) groups excluding carboxylic acids is 1. The van der Waals surface area contributed by atoms with Gasteiger partial charge in [-0.25, -0.2) is 0 Å². The van der Waals surface area contributed by atoms with Gasteiger partial charge >= 0.3 is 0 Å². The molecule has 1 amide bonds. The molecule has 0 aliphatic carbocycles. The fourth-order valence-corrected chi connectivity index (χ4v) is 3.65. The minimum atomic E-state index is -0.482. The van der Waals surface area contributed by atoms with E-state index in [-0.39, 0.29) is 5.91 Å². The number of hydrogen-bond donors (Lipinski definition) is 0. The normalized spacial score (nSPS) is 20.2. The Balaban J connectivity index is 1.68. The van der Waals surface area contributed by atoms with Crippen LogP contribution in [0.3, 0.4) is 0 Å². The zero-order valence-corrected chi connectivity index (χ0v) is 14.5. The summed E-state index contributed by atoms with van der Waals surface area (Å²) in [6.45, 7) is 2.79. The molecule has 0 spiro atoms. The summed E-state index contributed by atoms with van der Waals surface area (Å²) in [6.07, 6.45) is 0.816. The Bertz CT molecular complexity index is 932. The van der Waals surface area contributed by atoms with Gasteiger partial charge in [0.15, 0.2) is 0 Å². The van der Waals surface area contributed by atoms with E-state index < -0.39 is 5.41 Å². The third-order valence-corrected chi connectivity index (χ3v) is 5.32. The van der Waals surface area contributed by atoms with Gasteiger partial charge in [-0.15, -0.1) is 0 Å². The van der Waals surface area contributed by atoms with Crippen LogP contribution in [-0.2, 0) is 10.2 Å². The third kappa shape index (κ3) is 2.56. The zero-order valence-electron chi connectivity index (χ0n) is 14.5. The Morgan fingerprint density at radius 3 is 2.40 bits per heavy atom. The Hall–Kier alpha value is -2.81. The highest BCUT2D eigenvalue weighted by Crippen LogP contribution is 2.39. The minimum Gasteiger partial charge on any atom is -0.497 e. The lowest BCUT2D eigenvalue weighted by Gasteiger charge is -2.24. The van der Waals surface area contributed by atoms with Crippen molar-refractivity contribution in [2.45, 2.75) is 18.8 Å². The van der Waals surface area contributed by atoms with Crippen molar-refractivity contribution in [3.05, 3.63) is 72.3 Å². The molecule has 1 aliphatic heterocycles. The monoisotopic (exact) mass is 331 g/mol. The molecule has 0 aromatic heterocycles. The van der Waals surface area contributed by atoms with Crippen molar-refractivity contribution in [2.24, 2.45) is 0 Å². The van der Waals surface area contributed by atoms with Crippen LogP contribution < -0.4 is 9.64 Å². The largest absolute Gasteiger partial charge is 0.497 e. The van der Waals surface area contributed by atoms with Crippen LogP contribution in [0.2, 0.25) is 0 Å². The number of methoxy groups -OCH3 is 1. The van der Waals surface area contributed by atoms with Gasteiger partial charge in [-0.3, -0.25) is 4.79 Å². The molecule has 1 aliphatic rings. The summed E-state index contributed by atoms with van der Waals surface area (Å²) in [6, 6.07) is 22.3. The average Bonchev–Trinajstić information content (AvgIpc) is 2.97. The smallest absolute Gasteiger partial charge is 0.237 e. The molecule has 0 bridgehead atoms. The van der Waals surface area contributed by atoms with E-state index in [1.165, 1.54) is 10.8 Å². The van der Waals surface area contributed by atoms with Crippen LogP contribution in [0.15, 0.2) is 66.7 Å². The van der Waals surface area contributed by atoms with Crippen molar-refractivity contribution >= 4 is 22.4 Å². The Morgan fingerprint density at radius 1 is 0.960 bits per heavy atom. The molecule has 3 aromatic carbocycles. The number of anilines is 1. The minimum absolute atomic E-state index is 0.160. The Kier molecular flexibility index (Phi) is 3.72. The molecule has 126 valence electrons. The average molecular weight is 331 g/mol. The first-order valence-electron chi connectivity index (χ1n) is 8.57. The second-order valence-electron chi connectivity index (χ2n) is 6.80. The van der Waals surface area contributed by atoms with Crippen LogP contribution in [0.4, 0.5) is 5.69 Å². The van der Waals surface area contributed by atoms with Crippen LogP contribution in [0, 0.1) is 0 Å². The molecule has 1 atom stereocenters. The van der Waals surface area contributed by atoms with E-state index in [1.807, 2.05) is 41.3 Å². The Labute approximate surface area is 147 Å². The van der Waals surface area contributed by atoms with Gasteiger partial charge in [0.25, 0.3) is 0 Å². The number of hydrogen-bond acceptors (Lipinski definition) is 2. The van der Waals surface area contributed by atoms with Crippen molar-refractivity contribution in [3.8, 4) is 5.75 Å². The number of benzene rings is 3. The zero-order chi connectivity index (χ0) is 17.4. The van der Waals surface area contributed by atoms with E-state index >= 15 is 0 Å². The highest BCUT2D eigenvalue weighted by atomic mass is 16.5. The van der Waals surface area contributed by atoms with Gasteiger partial charge in [-0.2, -0.15) is 0 Å². The van der Waals surface area contributed by atoms with Crippen molar-refractivity contribution in [2.75, 3.05) is 18.6 Å². The topological polar surface area (TPSA) is 29.5 Å². The maximum atomic E-state index is 13.2. The van der Waals surface area contributed by atoms with E-state index in [0.29, 0.717) is 0 Å². The van der Waals surface area contributed by atoms with E-state index in [2.05, 4.69) is 37.3 Å². The van der Waals surface area contributed by atoms with Gasteiger partial charge in [0.2, 0.25) is 5.91 Å². The fourth-order valence-electron chi connectivity index (χ4n) is 3.65. The summed E-state index contributed by atoms with van der Waals surface area (Å²) < 4.78 is 5.21. The molecule has 3 nitrogen and oxygen atoms in total. The SMILES string of the molecule is COc1ccc(N2CC[C@@](C)(c3ccc4ccccc4c3)C2=O)cc1. The van der Waals surface area contributed by atoms with Crippen molar-refractivity contribution in [3.63, 3.8) is 0 Å². The van der Waals surface area contributed by atoms with Crippen molar-refractivity contribution < 1.29 is 9.53 Å². The second kappa shape index (κ2) is 5.92. The van der Waals surface area contributed by atoms with Gasteiger partial charge in [-0.1, -0.05) is 42.5 Å². The van der Waals surface area contributed by atoms with Crippen LogP contribution in [0.5, 0.6) is 5.75 Å². The Morgan fingerprint density at radius 2 is 1.68 bits per heavy atom. The van der Waals surface area contributed by atoms with Crippen molar-refractivity contribution in [1.82, 2.24) is 0 Å². The molecule has 1 heterocycles. The van der Waals surface area contributed by atoms with Gasteiger partial charge in [-0.05, 0) is 53.9 Å². The lowest BCUT2D eigenvalue weighted by Crippen LogP contribution is -2.35. The molecule has 0 unspecified atom stereocenters. The maximum Gasteiger partial charge on any atom is 0.237 e. The predicted octanol–water partition coefficient (Wildman–Crippen LogP) is 4.54. The number of rotatable bonds is 3. The van der Waals surface area contributed by atoms with E-state index in [4.69, 9.17) is 4.74 Å². The lowest BCUT2D eigenvalue weighted by atomic mass is 9.80. The quantitative estimate of drug-likeness (QED) is 0.705. The standard InChI is InChI=1S/C22H21NO2/c1-22(18-8-7-16-5-3-4-6-17(16)15-18)13-14-23(21(22)24)19-9-11-20(25-2)12-10-19/h3-12,15H,13-14H2,1-2H3/t22-/m0/s1. The molecule has 1 saturated heterocycles. The summed E-state index contributed by atoms with van der Waals surface area (Å²) in [5, 5.41) is 2.38. The second-order valence-corrected chi connectivity index (χ2v) is 6.80. The summed E-state index contributed by atoms with van der Waals surface area (Å²) in [7, 11) is 1.65. The highest BCUT2D eigenvalue weighted by molar-refractivity contribution is 6.03. The van der Waals surface area contributed by atoms with Crippen molar-refractivity contribution in [1.29, 1.82) is 0 Å². The molecule has 0 radical (unpaired) electrons. The summed E-state index contributed by atoms with van der Waals surface area (Å²) in [5.41, 5.74) is 1.53. The number of amides is 1. The summed E-state index contributed by atoms with van der Waals surface area (Å²) in [4.78, 5) is 15.1. The fraction of sp³-hybridized carbons (Fsp3) is 0.227. The third-order valence-electron chi connectivity index (χ3n) is 5.32. The van der Waals surface area contributed by atoms with Crippen LogP contribution in [0.25, 0.3) is 10.8 Å². The first kappa shape index (κ1) is 15.7. The molecule has 3 aromatic rings. The summed E-state index contributed by atoms with van der Waals surface area (Å²) >= 11 is 0. The first-order chi connectivity index (χ1) is 12.1. The number of nitrogens with zero attached hydrogens (tertiary/aromatic N) is 1. The molecule has 25 heavy (non-hydrogen) atoms. The van der Waals surface area contributed by atoms with Crippen LogP contribution in [0.1, 0.15) is 18.9 Å². The van der Waals surface area contributed by atoms with Gasteiger partial charge in [0.1, 0.15) is 5.75 Å². The molecular formula is C22H21NO2. The van der Waals surface area contributed by atoms with Gasteiger partial charge in [0, 0.05) is 12.2 Å². The number of carbonyl (C=O) groups is 1. The molecule has 1 fully saturated rings. The van der Waals surface area contributed by atoms with E-state index in [0.717, 1.165) is 30.0 Å². The molecule has 4 rings (SSSR count). The highest BCUT2D eigenvalue weighted by Gasteiger charge is 2.44. The predicted molar refractivity (Wildman–Crippen MR) is 101 cm³/mol. The van der Waals surface area contributed by atoms with E-state index in [9.17, 15) is 4.79 Å². The number of ether oxygens (including phenoxy) is 1. The van der Waals surface area contributed by atoms with Crippen LogP contribution >= 0.6 is 0 Å². The molecular weight excluding hydrogens is 310 g/mol. The van der Waals surface area contributed by atoms with Crippen LogP contribution in [-0.4, -0.2) is 19.6 Å². The first-order valence-corrected chi connectivity index (χ1v) is 8.57. The van der Waals surface area contributed by atoms with Gasteiger partial charge in [0.05, 0.1) is 12.5 Å².